The van der Waals surface area contributed by atoms with Gasteiger partial charge in [-0.25, -0.2) is 17.2 Å². The molecule has 24 heavy (non-hydrogen) atoms. The molecule has 1 aliphatic rings. The lowest BCUT2D eigenvalue weighted by molar-refractivity contribution is -0.126. The Morgan fingerprint density at radius 2 is 1.79 bits per heavy atom. The average Bonchev–Trinajstić information content (AvgIpc) is 2.57. The highest BCUT2D eigenvalue weighted by Gasteiger charge is 2.40. The topological polar surface area (TPSA) is 66.5 Å². The zero-order chi connectivity index (χ0) is 17.3. The minimum absolute atomic E-state index is 0.0381. The fraction of sp³-hybridized carbons (Fsp3) is 0.188. The van der Waals surface area contributed by atoms with Gasteiger partial charge in [0.1, 0.15) is 22.6 Å². The predicted octanol–water partition coefficient (Wildman–Crippen LogP) is 1.83. The van der Waals surface area contributed by atoms with Crippen LogP contribution in [0.4, 0.5) is 8.78 Å². The molecule has 1 heterocycles. The molecule has 2 aromatic carbocycles. The van der Waals surface area contributed by atoms with Gasteiger partial charge in [-0.1, -0.05) is 30.3 Å². The number of nitrogens with zero attached hydrogens (tertiary/aromatic N) is 1. The van der Waals surface area contributed by atoms with Gasteiger partial charge in [-0.2, -0.15) is 4.31 Å². The molecule has 0 radical (unpaired) electrons. The van der Waals surface area contributed by atoms with Crippen molar-refractivity contribution in [1.82, 2.24) is 9.62 Å². The minimum atomic E-state index is -4.39. The number of carbonyl (C=O) groups is 1. The Morgan fingerprint density at radius 3 is 2.50 bits per heavy atom. The van der Waals surface area contributed by atoms with Gasteiger partial charge in [-0.15, -0.1) is 0 Å². The van der Waals surface area contributed by atoms with Crippen LogP contribution in [-0.4, -0.2) is 31.7 Å². The van der Waals surface area contributed by atoms with Crippen LogP contribution < -0.4 is 5.32 Å². The first-order chi connectivity index (χ1) is 11.4. The second-order valence-electron chi connectivity index (χ2n) is 5.29. The van der Waals surface area contributed by atoms with Gasteiger partial charge < -0.3 is 5.32 Å². The molecule has 2 aromatic rings. The van der Waals surface area contributed by atoms with E-state index in [4.69, 9.17) is 0 Å². The van der Waals surface area contributed by atoms with Crippen LogP contribution >= 0.6 is 0 Å². The molecule has 0 spiro atoms. The van der Waals surface area contributed by atoms with Crippen molar-refractivity contribution < 1.29 is 22.0 Å². The smallest absolute Gasteiger partial charge is 0.247 e. The highest BCUT2D eigenvalue weighted by atomic mass is 32.2. The number of carbonyl (C=O) groups excluding carboxylic acids is 1. The van der Waals surface area contributed by atoms with Crippen molar-refractivity contribution in [3.05, 3.63) is 65.7 Å². The maximum Gasteiger partial charge on any atom is 0.247 e. The lowest BCUT2D eigenvalue weighted by Gasteiger charge is -2.34. The summed E-state index contributed by atoms with van der Waals surface area (Å²) in [4.78, 5) is 11.5. The Morgan fingerprint density at radius 1 is 1.08 bits per heavy atom. The molecule has 0 aliphatic carbocycles. The second kappa shape index (κ2) is 6.29. The van der Waals surface area contributed by atoms with Gasteiger partial charge in [0, 0.05) is 13.1 Å². The summed E-state index contributed by atoms with van der Waals surface area (Å²) in [5.74, 6) is -2.44. The third-order valence-electron chi connectivity index (χ3n) is 3.76. The molecule has 0 bridgehead atoms. The molecule has 1 atom stereocenters. The monoisotopic (exact) mass is 352 g/mol. The zero-order valence-electron chi connectivity index (χ0n) is 12.4. The summed E-state index contributed by atoms with van der Waals surface area (Å²) in [7, 11) is -4.39. The quantitative estimate of drug-likeness (QED) is 0.916. The SMILES string of the molecule is O=C1NCCN(S(=O)(=O)c2cc(F)ccc2F)C1c1ccccc1. The van der Waals surface area contributed by atoms with E-state index >= 15 is 0 Å². The number of hydrogen-bond donors (Lipinski definition) is 1. The van der Waals surface area contributed by atoms with E-state index < -0.39 is 38.5 Å². The molecule has 0 saturated carbocycles. The number of nitrogens with one attached hydrogen (secondary N) is 1. The van der Waals surface area contributed by atoms with E-state index in [0.29, 0.717) is 11.6 Å². The number of halogens is 2. The van der Waals surface area contributed by atoms with Crippen LogP contribution in [0.2, 0.25) is 0 Å². The molecule has 3 rings (SSSR count). The van der Waals surface area contributed by atoms with Crippen molar-refractivity contribution in [1.29, 1.82) is 0 Å². The third-order valence-corrected chi connectivity index (χ3v) is 5.64. The number of piperazine rings is 1. The van der Waals surface area contributed by atoms with Gasteiger partial charge in [0.2, 0.25) is 15.9 Å². The number of rotatable bonds is 3. The van der Waals surface area contributed by atoms with Crippen molar-refractivity contribution in [3.8, 4) is 0 Å². The van der Waals surface area contributed by atoms with E-state index in [1.165, 1.54) is 0 Å². The molecule has 8 heteroatoms. The van der Waals surface area contributed by atoms with E-state index in [1.807, 2.05) is 0 Å². The van der Waals surface area contributed by atoms with Crippen LogP contribution in [0.25, 0.3) is 0 Å². The molecular formula is C16H14F2N2O3S. The van der Waals surface area contributed by atoms with Gasteiger partial charge in [-0.3, -0.25) is 4.79 Å². The Balaban J connectivity index is 2.10. The maximum atomic E-state index is 14.0. The van der Waals surface area contributed by atoms with Gasteiger partial charge in [-0.05, 0) is 23.8 Å². The first-order valence-corrected chi connectivity index (χ1v) is 8.65. The van der Waals surface area contributed by atoms with Crippen LogP contribution in [-0.2, 0) is 14.8 Å². The Hall–Kier alpha value is -2.32. The van der Waals surface area contributed by atoms with E-state index in [1.54, 1.807) is 30.3 Å². The van der Waals surface area contributed by atoms with E-state index in [0.717, 1.165) is 16.4 Å². The van der Waals surface area contributed by atoms with Crippen molar-refractivity contribution in [2.45, 2.75) is 10.9 Å². The van der Waals surface area contributed by atoms with Crippen molar-refractivity contribution in [2.24, 2.45) is 0 Å². The summed E-state index contributed by atoms with van der Waals surface area (Å²) in [6.07, 6.45) is 0. The summed E-state index contributed by atoms with van der Waals surface area (Å²) < 4.78 is 53.9. The highest BCUT2D eigenvalue weighted by molar-refractivity contribution is 7.89. The molecule has 1 amide bonds. The molecule has 1 unspecified atom stereocenters. The summed E-state index contributed by atoms with van der Waals surface area (Å²) in [6, 6.07) is 9.38. The van der Waals surface area contributed by atoms with Crippen molar-refractivity contribution in [2.75, 3.05) is 13.1 Å². The second-order valence-corrected chi connectivity index (χ2v) is 7.15. The molecule has 5 nitrogen and oxygen atoms in total. The Bertz CT molecular complexity index is 872. The number of benzene rings is 2. The first-order valence-electron chi connectivity index (χ1n) is 7.21. The van der Waals surface area contributed by atoms with Gasteiger partial charge in [0.25, 0.3) is 0 Å². The normalized spacial score (nSPS) is 19.1. The average molecular weight is 352 g/mol. The number of sulfonamides is 1. The minimum Gasteiger partial charge on any atom is -0.353 e. The van der Waals surface area contributed by atoms with Crippen molar-refractivity contribution >= 4 is 15.9 Å². The third kappa shape index (κ3) is 2.90. The lowest BCUT2D eigenvalue weighted by Crippen LogP contribution is -2.52. The molecule has 1 saturated heterocycles. The van der Waals surface area contributed by atoms with Crippen LogP contribution in [0.3, 0.4) is 0 Å². The number of amides is 1. The lowest BCUT2D eigenvalue weighted by atomic mass is 10.1. The van der Waals surface area contributed by atoms with E-state index in [9.17, 15) is 22.0 Å². The first kappa shape index (κ1) is 16.5. The molecule has 1 aliphatic heterocycles. The van der Waals surface area contributed by atoms with Crippen LogP contribution in [0.5, 0.6) is 0 Å². The summed E-state index contributed by atoms with van der Waals surface area (Å²) in [5, 5.41) is 2.60. The van der Waals surface area contributed by atoms with E-state index in [2.05, 4.69) is 5.32 Å². The summed E-state index contributed by atoms with van der Waals surface area (Å²) in [5.41, 5.74) is 0.454. The largest absolute Gasteiger partial charge is 0.353 e. The molecule has 0 aromatic heterocycles. The Labute approximate surface area is 138 Å². The molecular weight excluding hydrogens is 338 g/mol. The van der Waals surface area contributed by atoms with Crippen LogP contribution in [0.1, 0.15) is 11.6 Å². The highest BCUT2D eigenvalue weighted by Crippen LogP contribution is 2.30. The van der Waals surface area contributed by atoms with Crippen LogP contribution in [0, 0.1) is 11.6 Å². The standard InChI is InChI=1S/C16H14F2N2O3S/c17-12-6-7-13(18)14(10-12)24(22,23)20-9-8-19-16(21)15(20)11-4-2-1-3-5-11/h1-7,10,15H,8-9H2,(H,19,21). The predicted molar refractivity (Wildman–Crippen MR) is 82.4 cm³/mol. The Kier molecular flexibility index (Phi) is 4.33. The summed E-state index contributed by atoms with van der Waals surface area (Å²) >= 11 is 0. The van der Waals surface area contributed by atoms with Crippen LogP contribution in [0.15, 0.2) is 53.4 Å². The van der Waals surface area contributed by atoms with Gasteiger partial charge >= 0.3 is 0 Å². The molecule has 1 fully saturated rings. The zero-order valence-corrected chi connectivity index (χ0v) is 13.3. The fourth-order valence-corrected chi connectivity index (χ4v) is 4.31. The fourth-order valence-electron chi connectivity index (χ4n) is 2.66. The van der Waals surface area contributed by atoms with E-state index in [-0.39, 0.29) is 13.1 Å². The van der Waals surface area contributed by atoms with Crippen molar-refractivity contribution in [3.63, 3.8) is 0 Å². The number of hydrogen-bond acceptors (Lipinski definition) is 3. The molecule has 1 N–H and O–H groups in total. The molecule has 126 valence electrons. The van der Waals surface area contributed by atoms with Gasteiger partial charge in [0.15, 0.2) is 0 Å². The maximum absolute atomic E-state index is 14.0. The van der Waals surface area contributed by atoms with Gasteiger partial charge in [0.05, 0.1) is 0 Å². The summed E-state index contributed by atoms with van der Waals surface area (Å²) in [6.45, 7) is 0.0575.